The molecule has 4 N–H and O–H groups in total. The van der Waals surface area contributed by atoms with E-state index < -0.39 is 36.3 Å². The van der Waals surface area contributed by atoms with Crippen molar-refractivity contribution in [3.63, 3.8) is 0 Å². The number of carbonyl (C=O) groups is 4. The van der Waals surface area contributed by atoms with Crippen molar-refractivity contribution in [2.75, 3.05) is 19.0 Å². The summed E-state index contributed by atoms with van der Waals surface area (Å²) >= 11 is 1.12. The Bertz CT molecular complexity index is 923. The van der Waals surface area contributed by atoms with Crippen LogP contribution in [0.1, 0.15) is 34.6 Å². The third-order valence-corrected chi connectivity index (χ3v) is 4.92. The van der Waals surface area contributed by atoms with E-state index in [9.17, 15) is 19.2 Å². The summed E-state index contributed by atoms with van der Waals surface area (Å²) in [5.74, 6) is -2.18. The van der Waals surface area contributed by atoms with E-state index in [0.717, 1.165) is 11.3 Å². The van der Waals surface area contributed by atoms with Crippen LogP contribution in [-0.2, 0) is 14.3 Å². The van der Waals surface area contributed by atoms with Crippen molar-refractivity contribution in [1.82, 2.24) is 5.32 Å². The van der Waals surface area contributed by atoms with Crippen molar-refractivity contribution in [1.29, 1.82) is 0 Å². The predicted molar refractivity (Wildman–Crippen MR) is 112 cm³/mol. The molecule has 160 valence electrons. The van der Waals surface area contributed by atoms with Crippen molar-refractivity contribution >= 4 is 40.0 Å². The summed E-state index contributed by atoms with van der Waals surface area (Å²) < 4.78 is 10.1. The van der Waals surface area contributed by atoms with E-state index in [1.54, 1.807) is 43.5 Å². The highest BCUT2D eigenvalue weighted by Gasteiger charge is 2.27. The van der Waals surface area contributed by atoms with Crippen LogP contribution in [0.3, 0.4) is 0 Å². The fourth-order valence-electron chi connectivity index (χ4n) is 2.45. The zero-order valence-electron chi connectivity index (χ0n) is 16.8. The van der Waals surface area contributed by atoms with Gasteiger partial charge >= 0.3 is 5.97 Å². The topological polar surface area (TPSA) is 137 Å². The average Bonchev–Trinajstić information content (AvgIpc) is 3.18. The number of primary amides is 1. The maximum absolute atomic E-state index is 12.4. The Morgan fingerprint density at radius 3 is 2.33 bits per heavy atom. The summed E-state index contributed by atoms with van der Waals surface area (Å²) in [6, 6.07) is 6.94. The number of benzene rings is 1. The van der Waals surface area contributed by atoms with Crippen LogP contribution >= 0.6 is 11.3 Å². The Morgan fingerprint density at radius 2 is 1.77 bits per heavy atom. The standard InChI is InChI=1S/C20H23N3O6S/c1-11(2)16(23-18(26)12-4-6-13(28-3)7-5-12)20(27)29-10-15(24)22-19-14(17(21)25)8-9-30-19/h4-9,11,16H,10H2,1-3H3,(H2,21,25)(H,22,24)(H,23,26)/t16-/m1/s1. The molecule has 9 nitrogen and oxygen atoms in total. The van der Waals surface area contributed by atoms with Crippen molar-refractivity contribution in [3.8, 4) is 5.75 Å². The van der Waals surface area contributed by atoms with Gasteiger partial charge in [0.1, 0.15) is 16.8 Å². The molecule has 0 saturated carbocycles. The van der Waals surface area contributed by atoms with Crippen LogP contribution in [0.2, 0.25) is 0 Å². The zero-order valence-corrected chi connectivity index (χ0v) is 17.6. The predicted octanol–water partition coefficient (Wildman–Crippen LogP) is 1.79. The summed E-state index contributed by atoms with van der Waals surface area (Å²) in [7, 11) is 1.52. The van der Waals surface area contributed by atoms with E-state index in [1.165, 1.54) is 13.2 Å². The number of nitrogens with two attached hydrogens (primary N) is 1. The number of amides is 3. The summed E-state index contributed by atoms with van der Waals surface area (Å²) in [5, 5.41) is 6.97. The van der Waals surface area contributed by atoms with Crippen molar-refractivity contribution in [2.24, 2.45) is 11.7 Å². The highest BCUT2D eigenvalue weighted by atomic mass is 32.1. The fraction of sp³-hybridized carbons (Fsp3) is 0.300. The van der Waals surface area contributed by atoms with E-state index in [0.29, 0.717) is 11.3 Å². The van der Waals surface area contributed by atoms with Crippen LogP contribution in [0.4, 0.5) is 5.00 Å². The SMILES string of the molecule is COc1ccc(C(=O)N[C@@H](C(=O)OCC(=O)Nc2sccc2C(N)=O)C(C)C)cc1. The van der Waals surface area contributed by atoms with Gasteiger partial charge in [0, 0.05) is 5.56 Å². The van der Waals surface area contributed by atoms with Gasteiger partial charge in [-0.05, 0) is 41.6 Å². The van der Waals surface area contributed by atoms with E-state index >= 15 is 0 Å². The van der Waals surface area contributed by atoms with Crippen LogP contribution in [0, 0.1) is 5.92 Å². The largest absolute Gasteiger partial charge is 0.497 e. The second-order valence-electron chi connectivity index (χ2n) is 6.61. The number of hydrogen-bond donors (Lipinski definition) is 3. The van der Waals surface area contributed by atoms with Gasteiger partial charge in [-0.2, -0.15) is 0 Å². The number of ether oxygens (including phenoxy) is 2. The molecule has 0 aliphatic heterocycles. The van der Waals surface area contributed by atoms with Crippen molar-refractivity contribution in [3.05, 3.63) is 46.8 Å². The Balaban J connectivity index is 1.94. The smallest absolute Gasteiger partial charge is 0.329 e. The average molecular weight is 433 g/mol. The number of hydrogen-bond acceptors (Lipinski definition) is 7. The highest BCUT2D eigenvalue weighted by molar-refractivity contribution is 7.14. The molecule has 3 amide bonds. The van der Waals surface area contributed by atoms with Gasteiger partial charge in [0.15, 0.2) is 6.61 Å². The van der Waals surface area contributed by atoms with Crippen LogP contribution in [0.15, 0.2) is 35.7 Å². The van der Waals surface area contributed by atoms with Crippen LogP contribution in [-0.4, -0.2) is 43.4 Å². The van der Waals surface area contributed by atoms with Gasteiger partial charge in [0.2, 0.25) is 0 Å². The number of esters is 1. The number of nitrogens with one attached hydrogen (secondary N) is 2. The van der Waals surface area contributed by atoms with Crippen LogP contribution < -0.4 is 21.1 Å². The lowest BCUT2D eigenvalue weighted by atomic mass is 10.0. The molecule has 30 heavy (non-hydrogen) atoms. The fourth-order valence-corrected chi connectivity index (χ4v) is 3.26. The first kappa shape index (κ1) is 22.9. The van der Waals surface area contributed by atoms with Gasteiger partial charge in [-0.15, -0.1) is 11.3 Å². The molecule has 0 unspecified atom stereocenters. The molecule has 0 spiro atoms. The second kappa shape index (κ2) is 10.4. The minimum absolute atomic E-state index is 0.173. The second-order valence-corrected chi connectivity index (χ2v) is 7.52. The molecule has 2 aromatic rings. The molecule has 10 heteroatoms. The molecule has 1 atom stereocenters. The molecule has 1 aromatic carbocycles. The molecular formula is C20H23N3O6S. The van der Waals surface area contributed by atoms with Crippen molar-refractivity contribution in [2.45, 2.75) is 19.9 Å². The Morgan fingerprint density at radius 1 is 1.10 bits per heavy atom. The molecule has 2 rings (SSSR count). The van der Waals surface area contributed by atoms with Gasteiger partial charge in [0.25, 0.3) is 17.7 Å². The lowest BCUT2D eigenvalue weighted by Crippen LogP contribution is -2.45. The van der Waals surface area contributed by atoms with E-state index in [-0.39, 0.29) is 16.5 Å². The monoisotopic (exact) mass is 433 g/mol. The van der Waals surface area contributed by atoms with E-state index in [2.05, 4.69) is 10.6 Å². The van der Waals surface area contributed by atoms with Crippen LogP contribution in [0.25, 0.3) is 0 Å². The molecular weight excluding hydrogens is 410 g/mol. The van der Waals surface area contributed by atoms with Gasteiger partial charge in [-0.3, -0.25) is 14.4 Å². The lowest BCUT2D eigenvalue weighted by Gasteiger charge is -2.20. The van der Waals surface area contributed by atoms with Gasteiger partial charge in [0.05, 0.1) is 12.7 Å². The number of rotatable bonds is 9. The molecule has 0 radical (unpaired) electrons. The number of thiophene rings is 1. The first-order chi connectivity index (χ1) is 14.2. The molecule has 0 fully saturated rings. The number of anilines is 1. The van der Waals surface area contributed by atoms with Crippen LogP contribution in [0.5, 0.6) is 5.75 Å². The maximum atomic E-state index is 12.4. The quantitative estimate of drug-likeness (QED) is 0.516. The third-order valence-electron chi connectivity index (χ3n) is 4.09. The minimum Gasteiger partial charge on any atom is -0.497 e. The first-order valence-electron chi connectivity index (χ1n) is 9.01. The molecule has 0 saturated heterocycles. The Hall–Kier alpha value is -3.40. The summed E-state index contributed by atoms with van der Waals surface area (Å²) in [5.41, 5.74) is 5.75. The summed E-state index contributed by atoms with van der Waals surface area (Å²) in [6.45, 7) is 2.91. The normalized spacial score (nSPS) is 11.5. The first-order valence-corrected chi connectivity index (χ1v) is 9.89. The molecule has 0 aliphatic rings. The minimum atomic E-state index is -0.949. The Labute approximate surface area is 177 Å². The van der Waals surface area contributed by atoms with Crippen molar-refractivity contribution < 1.29 is 28.7 Å². The lowest BCUT2D eigenvalue weighted by molar-refractivity contribution is -0.150. The van der Waals surface area contributed by atoms with E-state index in [1.807, 2.05) is 0 Å². The molecule has 1 heterocycles. The highest BCUT2D eigenvalue weighted by Crippen LogP contribution is 2.22. The molecule has 0 aliphatic carbocycles. The summed E-state index contributed by atoms with van der Waals surface area (Å²) in [6.07, 6.45) is 0. The zero-order chi connectivity index (χ0) is 22.3. The molecule has 1 aromatic heterocycles. The number of carbonyl (C=O) groups excluding carboxylic acids is 4. The Kier molecular flexibility index (Phi) is 7.93. The van der Waals surface area contributed by atoms with E-state index in [4.69, 9.17) is 15.2 Å². The van der Waals surface area contributed by atoms with Gasteiger partial charge < -0.3 is 25.8 Å². The van der Waals surface area contributed by atoms with Gasteiger partial charge in [-0.1, -0.05) is 13.8 Å². The van der Waals surface area contributed by atoms with Gasteiger partial charge in [-0.25, -0.2) is 4.79 Å². The third kappa shape index (κ3) is 6.05. The molecule has 0 bridgehead atoms. The number of methoxy groups -OCH3 is 1. The summed E-state index contributed by atoms with van der Waals surface area (Å²) in [4.78, 5) is 48.2. The maximum Gasteiger partial charge on any atom is 0.329 e.